The van der Waals surface area contributed by atoms with Crippen LogP contribution in [0.1, 0.15) is 42.2 Å². The molecule has 7 heteroatoms. The second-order valence-electron chi connectivity index (χ2n) is 6.24. The maximum atomic E-state index is 9.59. The van der Waals surface area contributed by atoms with Crippen LogP contribution in [0.15, 0.2) is 34.9 Å². The molecule has 1 N–H and O–H groups in total. The number of aryl methyl sites for hydroxylation is 2. The number of imidazole rings is 1. The van der Waals surface area contributed by atoms with E-state index in [1.54, 1.807) is 6.92 Å². The summed E-state index contributed by atoms with van der Waals surface area (Å²) < 4.78 is 7.11. The Hall–Kier alpha value is -3.40. The van der Waals surface area contributed by atoms with E-state index in [-0.39, 0.29) is 6.04 Å². The summed E-state index contributed by atoms with van der Waals surface area (Å²) in [6.07, 6.45) is 0.784. The SMILES string of the molecule is CCC(Nc1cc(C)c(C#N)c2nc3ccccc3n12)c1noc(C)n1. The molecule has 0 fully saturated rings. The number of aromatic nitrogens is 4. The Morgan fingerprint density at radius 1 is 1.27 bits per heavy atom. The highest BCUT2D eigenvalue weighted by Crippen LogP contribution is 2.29. The molecule has 3 heterocycles. The third-order valence-corrected chi connectivity index (χ3v) is 4.47. The Morgan fingerprint density at radius 3 is 2.77 bits per heavy atom. The van der Waals surface area contributed by atoms with Crippen molar-refractivity contribution in [2.75, 3.05) is 5.32 Å². The van der Waals surface area contributed by atoms with Gasteiger partial charge in [0.1, 0.15) is 11.9 Å². The molecule has 0 saturated carbocycles. The third kappa shape index (κ3) is 2.47. The van der Waals surface area contributed by atoms with Crippen molar-refractivity contribution in [1.29, 1.82) is 5.26 Å². The van der Waals surface area contributed by atoms with Crippen LogP contribution in [0.2, 0.25) is 0 Å². The van der Waals surface area contributed by atoms with Gasteiger partial charge in [-0.25, -0.2) is 4.98 Å². The molecule has 130 valence electrons. The van der Waals surface area contributed by atoms with Crippen molar-refractivity contribution in [2.24, 2.45) is 0 Å². The molecule has 3 aromatic heterocycles. The van der Waals surface area contributed by atoms with Gasteiger partial charge in [-0.2, -0.15) is 10.2 Å². The highest BCUT2D eigenvalue weighted by molar-refractivity contribution is 5.85. The molecule has 0 aliphatic heterocycles. The van der Waals surface area contributed by atoms with Crippen molar-refractivity contribution in [3.8, 4) is 6.07 Å². The van der Waals surface area contributed by atoms with Gasteiger partial charge < -0.3 is 9.84 Å². The van der Waals surface area contributed by atoms with Crippen LogP contribution in [-0.4, -0.2) is 19.5 Å². The van der Waals surface area contributed by atoms with Gasteiger partial charge in [-0.1, -0.05) is 24.2 Å². The molecule has 0 amide bonds. The van der Waals surface area contributed by atoms with Crippen molar-refractivity contribution in [3.05, 3.63) is 53.2 Å². The van der Waals surface area contributed by atoms with Crippen LogP contribution in [0.5, 0.6) is 0 Å². The fourth-order valence-corrected chi connectivity index (χ4v) is 3.18. The summed E-state index contributed by atoms with van der Waals surface area (Å²) in [7, 11) is 0. The van der Waals surface area contributed by atoms with Crippen molar-refractivity contribution < 1.29 is 4.52 Å². The van der Waals surface area contributed by atoms with Crippen LogP contribution in [0.3, 0.4) is 0 Å². The second-order valence-corrected chi connectivity index (χ2v) is 6.24. The Balaban J connectivity index is 1.93. The van der Waals surface area contributed by atoms with Gasteiger partial charge in [-0.3, -0.25) is 4.40 Å². The number of benzene rings is 1. The number of hydrogen-bond acceptors (Lipinski definition) is 6. The van der Waals surface area contributed by atoms with E-state index < -0.39 is 0 Å². The first kappa shape index (κ1) is 16.1. The van der Waals surface area contributed by atoms with Gasteiger partial charge in [-0.15, -0.1) is 0 Å². The topological polar surface area (TPSA) is 92.0 Å². The number of fused-ring (bicyclic) bond motifs is 3. The number of nitrogens with one attached hydrogen (secondary N) is 1. The summed E-state index contributed by atoms with van der Waals surface area (Å²) in [5.41, 5.74) is 3.89. The fraction of sp³-hybridized carbons (Fsp3) is 0.263. The first-order valence-corrected chi connectivity index (χ1v) is 8.50. The predicted molar refractivity (Wildman–Crippen MR) is 97.8 cm³/mol. The van der Waals surface area contributed by atoms with E-state index in [0.29, 0.717) is 22.9 Å². The number of nitrogens with zero attached hydrogens (tertiary/aromatic N) is 5. The standard InChI is InChI=1S/C19H18N6O/c1-4-14(18-21-12(3)26-24-18)22-17-9-11(2)13(10-20)19-23-15-7-5-6-8-16(15)25(17)19/h5-9,14,22H,4H2,1-3H3. The van der Waals surface area contributed by atoms with Crippen LogP contribution in [0.25, 0.3) is 16.7 Å². The van der Waals surface area contributed by atoms with Gasteiger partial charge in [0.2, 0.25) is 5.89 Å². The molecule has 26 heavy (non-hydrogen) atoms. The summed E-state index contributed by atoms with van der Waals surface area (Å²) in [5.74, 6) is 2.00. The Kier molecular flexibility index (Phi) is 3.81. The molecule has 1 unspecified atom stereocenters. The maximum absolute atomic E-state index is 9.59. The smallest absolute Gasteiger partial charge is 0.223 e. The van der Waals surface area contributed by atoms with Gasteiger partial charge in [0.15, 0.2) is 11.5 Å². The summed E-state index contributed by atoms with van der Waals surface area (Å²) in [4.78, 5) is 9.01. The van der Waals surface area contributed by atoms with Gasteiger partial charge in [0, 0.05) is 6.92 Å². The van der Waals surface area contributed by atoms with Crippen molar-refractivity contribution in [2.45, 2.75) is 33.2 Å². The molecule has 0 bridgehead atoms. The van der Waals surface area contributed by atoms with E-state index in [4.69, 9.17) is 4.52 Å². The zero-order chi connectivity index (χ0) is 18.3. The second kappa shape index (κ2) is 6.15. The van der Waals surface area contributed by atoms with Crippen molar-refractivity contribution in [1.82, 2.24) is 19.5 Å². The summed E-state index contributed by atoms with van der Waals surface area (Å²) in [6, 6.07) is 12.0. The van der Waals surface area contributed by atoms with Crippen molar-refractivity contribution in [3.63, 3.8) is 0 Å². The molecule has 0 spiro atoms. The van der Waals surface area contributed by atoms with Crippen LogP contribution in [0.4, 0.5) is 5.82 Å². The Morgan fingerprint density at radius 2 is 2.08 bits per heavy atom. The monoisotopic (exact) mass is 346 g/mol. The first-order valence-electron chi connectivity index (χ1n) is 8.50. The largest absolute Gasteiger partial charge is 0.361 e. The minimum absolute atomic E-state index is 0.107. The van der Waals surface area contributed by atoms with Gasteiger partial charge in [-0.05, 0) is 37.1 Å². The normalized spacial score (nSPS) is 12.4. The maximum Gasteiger partial charge on any atom is 0.223 e. The quantitative estimate of drug-likeness (QED) is 0.602. The molecule has 0 saturated heterocycles. The molecule has 0 radical (unpaired) electrons. The van der Waals surface area contributed by atoms with E-state index in [9.17, 15) is 5.26 Å². The first-order chi connectivity index (χ1) is 12.6. The van der Waals surface area contributed by atoms with Crippen LogP contribution >= 0.6 is 0 Å². The molecular formula is C19H18N6O. The molecule has 0 aliphatic carbocycles. The van der Waals surface area contributed by atoms with Gasteiger partial charge in [0.25, 0.3) is 0 Å². The number of pyridine rings is 1. The number of nitriles is 1. The highest BCUT2D eigenvalue weighted by atomic mass is 16.5. The Labute approximate surface area is 150 Å². The number of hydrogen-bond donors (Lipinski definition) is 1. The van der Waals surface area contributed by atoms with Gasteiger partial charge in [0.05, 0.1) is 22.6 Å². The lowest BCUT2D eigenvalue weighted by molar-refractivity contribution is 0.384. The minimum atomic E-state index is -0.107. The third-order valence-electron chi connectivity index (χ3n) is 4.47. The molecule has 1 atom stereocenters. The molecule has 4 rings (SSSR count). The fourth-order valence-electron chi connectivity index (χ4n) is 3.18. The number of para-hydroxylation sites is 2. The number of rotatable bonds is 4. The summed E-state index contributed by atoms with van der Waals surface area (Å²) in [6.45, 7) is 5.75. The summed E-state index contributed by atoms with van der Waals surface area (Å²) >= 11 is 0. The van der Waals surface area contributed by atoms with Crippen LogP contribution in [0, 0.1) is 25.2 Å². The average molecular weight is 346 g/mol. The minimum Gasteiger partial charge on any atom is -0.361 e. The average Bonchev–Trinajstić information content (AvgIpc) is 3.23. The van der Waals surface area contributed by atoms with E-state index in [1.165, 1.54) is 0 Å². The van der Waals surface area contributed by atoms with E-state index in [0.717, 1.165) is 28.8 Å². The van der Waals surface area contributed by atoms with E-state index in [1.807, 2.05) is 41.7 Å². The number of anilines is 1. The predicted octanol–water partition coefficient (Wildman–Crippen LogP) is 3.92. The lowest BCUT2D eigenvalue weighted by Gasteiger charge is -2.17. The highest BCUT2D eigenvalue weighted by Gasteiger charge is 2.20. The van der Waals surface area contributed by atoms with E-state index >= 15 is 0 Å². The van der Waals surface area contributed by atoms with E-state index in [2.05, 4.69) is 33.4 Å². The molecule has 1 aromatic carbocycles. The van der Waals surface area contributed by atoms with Crippen LogP contribution < -0.4 is 5.32 Å². The molecular weight excluding hydrogens is 328 g/mol. The zero-order valence-electron chi connectivity index (χ0n) is 14.8. The summed E-state index contributed by atoms with van der Waals surface area (Å²) in [5, 5.41) is 17.1. The van der Waals surface area contributed by atoms with Gasteiger partial charge >= 0.3 is 0 Å². The zero-order valence-corrected chi connectivity index (χ0v) is 14.8. The molecule has 7 nitrogen and oxygen atoms in total. The van der Waals surface area contributed by atoms with Crippen LogP contribution in [-0.2, 0) is 0 Å². The Bertz CT molecular complexity index is 1150. The molecule has 4 aromatic rings. The lowest BCUT2D eigenvalue weighted by atomic mass is 10.1. The lowest BCUT2D eigenvalue weighted by Crippen LogP contribution is -2.14. The molecule has 0 aliphatic rings. The van der Waals surface area contributed by atoms with Crippen molar-refractivity contribution >= 4 is 22.5 Å².